The molecule has 0 saturated carbocycles. The van der Waals surface area contributed by atoms with Crippen LogP contribution >= 0.6 is 0 Å². The average Bonchev–Trinajstić information content (AvgIpc) is 2.87. The summed E-state index contributed by atoms with van der Waals surface area (Å²) in [5, 5.41) is 0. The molecule has 1 aromatic rings. The molecule has 0 unspecified atom stereocenters. The van der Waals surface area contributed by atoms with Crippen LogP contribution in [0.5, 0.6) is 0 Å². The van der Waals surface area contributed by atoms with E-state index in [1.165, 1.54) is 4.90 Å². The Labute approximate surface area is 155 Å². The molecule has 6 heteroatoms. The van der Waals surface area contributed by atoms with Crippen LogP contribution < -0.4 is 0 Å². The van der Waals surface area contributed by atoms with Crippen molar-refractivity contribution >= 4 is 17.4 Å². The van der Waals surface area contributed by atoms with Crippen molar-refractivity contribution in [3.05, 3.63) is 41.6 Å². The van der Waals surface area contributed by atoms with Gasteiger partial charge in [0.05, 0.1) is 18.8 Å². The Hall–Kier alpha value is -2.18. The van der Waals surface area contributed by atoms with Crippen LogP contribution in [0.4, 0.5) is 0 Å². The van der Waals surface area contributed by atoms with Crippen molar-refractivity contribution in [2.75, 3.05) is 47.1 Å². The number of rotatable bonds is 10. The number of ether oxygens (including phenoxy) is 2. The summed E-state index contributed by atoms with van der Waals surface area (Å²) in [5.41, 5.74) is 1.66. The maximum Gasteiger partial charge on any atom is 0.277 e. The predicted octanol–water partition coefficient (Wildman–Crippen LogP) is 2.02. The van der Waals surface area contributed by atoms with Crippen molar-refractivity contribution in [3.8, 4) is 0 Å². The molecule has 0 radical (unpaired) electrons. The summed E-state index contributed by atoms with van der Waals surface area (Å²) in [6, 6.07) is 9.37. The van der Waals surface area contributed by atoms with Gasteiger partial charge in [-0.2, -0.15) is 0 Å². The largest absolute Gasteiger partial charge is 0.383 e. The van der Waals surface area contributed by atoms with Gasteiger partial charge in [0.2, 0.25) is 0 Å². The van der Waals surface area contributed by atoms with E-state index >= 15 is 0 Å². The van der Waals surface area contributed by atoms with Crippen LogP contribution in [0.15, 0.2) is 36.0 Å². The van der Waals surface area contributed by atoms with E-state index in [1.54, 1.807) is 14.2 Å². The molecule has 0 spiro atoms. The molecule has 0 bridgehead atoms. The fourth-order valence-corrected chi connectivity index (χ4v) is 2.99. The predicted molar refractivity (Wildman–Crippen MR) is 100 cm³/mol. The van der Waals surface area contributed by atoms with E-state index in [4.69, 9.17) is 9.47 Å². The van der Waals surface area contributed by atoms with Crippen molar-refractivity contribution in [1.82, 2.24) is 9.80 Å². The van der Waals surface area contributed by atoms with Gasteiger partial charge in [0, 0.05) is 33.9 Å². The third-order valence-corrected chi connectivity index (χ3v) is 4.20. The maximum absolute atomic E-state index is 13.1. The Kier molecular flexibility index (Phi) is 7.36. The topological polar surface area (TPSA) is 59.1 Å². The zero-order valence-electron chi connectivity index (χ0n) is 16.0. The monoisotopic (exact) mass is 360 g/mol. The highest BCUT2D eigenvalue weighted by atomic mass is 16.5. The molecular weight excluding hydrogens is 332 g/mol. The summed E-state index contributed by atoms with van der Waals surface area (Å²) < 4.78 is 10.4. The molecule has 1 aliphatic heterocycles. The number of carbonyl (C=O) groups excluding carboxylic acids is 2. The number of amides is 2. The lowest BCUT2D eigenvalue weighted by Gasteiger charge is -2.26. The van der Waals surface area contributed by atoms with E-state index in [1.807, 2.05) is 49.1 Å². The SMILES string of the molecule is COCCN(CCOC)C1=C(c2ccccc2)C(=O)N(CC(C)C)C1=O. The van der Waals surface area contributed by atoms with Crippen molar-refractivity contribution in [2.45, 2.75) is 13.8 Å². The molecule has 1 heterocycles. The molecule has 0 fully saturated rings. The molecule has 2 rings (SSSR count). The van der Waals surface area contributed by atoms with Gasteiger partial charge < -0.3 is 14.4 Å². The lowest BCUT2D eigenvalue weighted by atomic mass is 10.0. The van der Waals surface area contributed by atoms with Gasteiger partial charge in [0.25, 0.3) is 11.8 Å². The molecule has 0 N–H and O–H groups in total. The average molecular weight is 360 g/mol. The minimum atomic E-state index is -0.241. The van der Waals surface area contributed by atoms with E-state index in [2.05, 4.69) is 0 Å². The van der Waals surface area contributed by atoms with Crippen LogP contribution in [0.3, 0.4) is 0 Å². The fourth-order valence-electron chi connectivity index (χ4n) is 2.99. The molecule has 1 aliphatic rings. The number of imide groups is 1. The number of methoxy groups -OCH3 is 2. The van der Waals surface area contributed by atoms with Crippen LogP contribution in [0.2, 0.25) is 0 Å². The van der Waals surface area contributed by atoms with Gasteiger partial charge in [-0.05, 0) is 11.5 Å². The first kappa shape index (κ1) is 20.1. The van der Waals surface area contributed by atoms with E-state index in [9.17, 15) is 9.59 Å². The summed E-state index contributed by atoms with van der Waals surface area (Å²) in [4.78, 5) is 29.5. The Morgan fingerprint density at radius 3 is 2.04 bits per heavy atom. The Bertz CT molecular complexity index is 647. The molecule has 0 atom stereocenters. The highest BCUT2D eigenvalue weighted by Gasteiger charge is 2.41. The number of hydrogen-bond donors (Lipinski definition) is 0. The van der Waals surface area contributed by atoms with E-state index in [-0.39, 0.29) is 17.7 Å². The lowest BCUT2D eigenvalue weighted by molar-refractivity contribution is -0.138. The molecule has 6 nitrogen and oxygen atoms in total. The maximum atomic E-state index is 13.1. The van der Waals surface area contributed by atoms with Crippen LogP contribution in [-0.4, -0.2) is 68.7 Å². The van der Waals surface area contributed by atoms with Gasteiger partial charge in [-0.1, -0.05) is 44.2 Å². The molecule has 1 aromatic carbocycles. The zero-order chi connectivity index (χ0) is 19.1. The smallest absolute Gasteiger partial charge is 0.277 e. The summed E-state index contributed by atoms with van der Waals surface area (Å²) in [5.74, 6) is -0.273. The highest BCUT2D eigenvalue weighted by molar-refractivity contribution is 6.35. The third kappa shape index (κ3) is 4.51. The minimum Gasteiger partial charge on any atom is -0.383 e. The lowest BCUT2D eigenvalue weighted by Crippen LogP contribution is -2.39. The van der Waals surface area contributed by atoms with Gasteiger partial charge in [-0.3, -0.25) is 14.5 Å². The van der Waals surface area contributed by atoms with Crippen molar-refractivity contribution in [2.24, 2.45) is 5.92 Å². The first-order valence-electron chi connectivity index (χ1n) is 8.90. The highest BCUT2D eigenvalue weighted by Crippen LogP contribution is 2.32. The molecule has 0 aliphatic carbocycles. The van der Waals surface area contributed by atoms with Crippen molar-refractivity contribution in [3.63, 3.8) is 0 Å². The summed E-state index contributed by atoms with van der Waals surface area (Å²) in [6.45, 7) is 6.34. The summed E-state index contributed by atoms with van der Waals surface area (Å²) in [6.07, 6.45) is 0. The Balaban J connectivity index is 2.49. The molecule has 142 valence electrons. The molecule has 2 amide bonds. The Morgan fingerprint density at radius 2 is 1.54 bits per heavy atom. The molecule has 0 aromatic heterocycles. The second-order valence-electron chi connectivity index (χ2n) is 6.68. The number of carbonyl (C=O) groups is 2. The van der Waals surface area contributed by atoms with Crippen molar-refractivity contribution < 1.29 is 19.1 Å². The van der Waals surface area contributed by atoms with Crippen LogP contribution in [0.25, 0.3) is 5.57 Å². The van der Waals surface area contributed by atoms with Crippen LogP contribution in [-0.2, 0) is 19.1 Å². The number of hydrogen-bond acceptors (Lipinski definition) is 5. The van der Waals surface area contributed by atoms with Gasteiger partial charge in [0.1, 0.15) is 5.70 Å². The first-order chi connectivity index (χ1) is 12.5. The minimum absolute atomic E-state index is 0.200. The van der Waals surface area contributed by atoms with Crippen LogP contribution in [0, 0.1) is 5.92 Å². The standard InChI is InChI=1S/C20H28N2O4/c1-15(2)14-22-19(23)17(16-8-6-5-7-9-16)18(20(22)24)21(10-12-25-3)11-13-26-4/h5-9,15H,10-14H2,1-4H3. The quantitative estimate of drug-likeness (QED) is 0.598. The molecular formula is C20H28N2O4. The molecule has 0 saturated heterocycles. The normalized spacial score (nSPS) is 14.7. The van der Waals surface area contributed by atoms with Gasteiger partial charge in [0.15, 0.2) is 0 Å². The van der Waals surface area contributed by atoms with Gasteiger partial charge in [-0.25, -0.2) is 0 Å². The zero-order valence-corrected chi connectivity index (χ0v) is 16.0. The number of benzene rings is 1. The molecule has 26 heavy (non-hydrogen) atoms. The first-order valence-corrected chi connectivity index (χ1v) is 8.90. The van der Waals surface area contributed by atoms with Crippen molar-refractivity contribution in [1.29, 1.82) is 0 Å². The summed E-state index contributed by atoms with van der Waals surface area (Å²) >= 11 is 0. The van der Waals surface area contributed by atoms with E-state index in [0.717, 1.165) is 5.56 Å². The van der Waals surface area contributed by atoms with Gasteiger partial charge in [-0.15, -0.1) is 0 Å². The van der Waals surface area contributed by atoms with Crippen LogP contribution in [0.1, 0.15) is 19.4 Å². The van der Waals surface area contributed by atoms with E-state index < -0.39 is 0 Å². The fraction of sp³-hybridized carbons (Fsp3) is 0.500. The summed E-state index contributed by atoms with van der Waals surface area (Å²) in [7, 11) is 3.24. The van der Waals surface area contributed by atoms with E-state index in [0.29, 0.717) is 44.1 Å². The second-order valence-corrected chi connectivity index (χ2v) is 6.68. The van der Waals surface area contributed by atoms with Gasteiger partial charge >= 0.3 is 0 Å². The second kappa shape index (κ2) is 9.50. The third-order valence-electron chi connectivity index (χ3n) is 4.20. The number of nitrogens with zero attached hydrogens (tertiary/aromatic N) is 2. The Morgan fingerprint density at radius 1 is 0.962 bits per heavy atom.